The summed E-state index contributed by atoms with van der Waals surface area (Å²) in [4.78, 5) is 0. The fourth-order valence-electron chi connectivity index (χ4n) is 2.74. The molecule has 1 aliphatic heterocycles. The van der Waals surface area contributed by atoms with Crippen molar-refractivity contribution in [1.29, 1.82) is 0 Å². The fraction of sp³-hybridized carbons (Fsp3) is 0.250. The molecule has 0 spiro atoms. The first-order chi connectivity index (χ1) is 9.21. The van der Waals surface area contributed by atoms with E-state index in [-0.39, 0.29) is 5.41 Å². The van der Waals surface area contributed by atoms with Crippen LogP contribution in [-0.4, -0.2) is 13.1 Å². The van der Waals surface area contributed by atoms with Gasteiger partial charge in [0, 0.05) is 28.0 Å². The quantitative estimate of drug-likeness (QED) is 0.886. The Balaban J connectivity index is 1.97. The lowest BCUT2D eigenvalue weighted by molar-refractivity contribution is 0.274. The van der Waals surface area contributed by atoms with Gasteiger partial charge in [0.05, 0.1) is 0 Å². The summed E-state index contributed by atoms with van der Waals surface area (Å²) in [5.41, 5.74) is 2.72. The van der Waals surface area contributed by atoms with Gasteiger partial charge in [0.2, 0.25) is 0 Å². The van der Waals surface area contributed by atoms with Gasteiger partial charge >= 0.3 is 0 Å². The second-order valence-corrected chi connectivity index (χ2v) is 6.39. The first-order valence-corrected chi connectivity index (χ1v) is 7.57. The van der Waals surface area contributed by atoms with Crippen molar-refractivity contribution in [2.45, 2.75) is 11.8 Å². The van der Waals surface area contributed by atoms with E-state index >= 15 is 0 Å². The summed E-state index contributed by atoms with van der Waals surface area (Å²) in [6, 6.07) is 16.6. The summed E-state index contributed by atoms with van der Waals surface area (Å²) in [6.45, 7) is 1.97. The predicted octanol–water partition coefficient (Wildman–Crippen LogP) is 4.19. The molecule has 3 heteroatoms. The second-order valence-electron chi connectivity index (χ2n) is 5.13. The van der Waals surface area contributed by atoms with Crippen LogP contribution >= 0.6 is 27.5 Å². The third-order valence-electron chi connectivity index (χ3n) is 3.86. The van der Waals surface area contributed by atoms with Crippen molar-refractivity contribution in [3.8, 4) is 0 Å². The average molecular weight is 337 g/mol. The Morgan fingerprint density at radius 1 is 1.05 bits per heavy atom. The normalized spacial score (nSPS) is 16.9. The molecule has 0 aromatic heterocycles. The van der Waals surface area contributed by atoms with Crippen molar-refractivity contribution in [1.82, 2.24) is 5.32 Å². The Hall–Kier alpha value is -0.830. The van der Waals surface area contributed by atoms with Crippen LogP contribution in [0.25, 0.3) is 0 Å². The Morgan fingerprint density at radius 2 is 1.74 bits per heavy atom. The van der Waals surface area contributed by atoms with Crippen LogP contribution in [0.2, 0.25) is 5.02 Å². The third-order valence-corrected chi connectivity index (χ3v) is 4.96. The monoisotopic (exact) mass is 335 g/mol. The molecule has 19 heavy (non-hydrogen) atoms. The first kappa shape index (κ1) is 13.2. The van der Waals surface area contributed by atoms with Crippen LogP contribution in [0, 0.1) is 0 Å². The zero-order valence-corrected chi connectivity index (χ0v) is 12.8. The largest absolute Gasteiger partial charge is 0.315 e. The molecule has 1 N–H and O–H groups in total. The van der Waals surface area contributed by atoms with E-state index in [4.69, 9.17) is 11.6 Å². The summed E-state index contributed by atoms with van der Waals surface area (Å²) in [5.74, 6) is 0. The molecule has 1 aliphatic rings. The summed E-state index contributed by atoms with van der Waals surface area (Å²) in [5, 5.41) is 4.26. The number of hydrogen-bond donors (Lipinski definition) is 1. The Kier molecular flexibility index (Phi) is 3.66. The van der Waals surface area contributed by atoms with Gasteiger partial charge in [-0.05, 0) is 29.7 Å². The fourth-order valence-corrected chi connectivity index (χ4v) is 3.50. The van der Waals surface area contributed by atoms with Crippen molar-refractivity contribution >= 4 is 27.5 Å². The average Bonchev–Trinajstić information content (AvgIpc) is 2.37. The van der Waals surface area contributed by atoms with Gasteiger partial charge in [-0.25, -0.2) is 0 Å². The highest BCUT2D eigenvalue weighted by Gasteiger charge is 2.40. The Bertz CT molecular complexity index is 593. The van der Waals surface area contributed by atoms with Crippen LogP contribution in [0.15, 0.2) is 53.0 Å². The lowest BCUT2D eigenvalue weighted by atomic mass is 9.71. The van der Waals surface area contributed by atoms with Crippen LogP contribution in [0.4, 0.5) is 0 Å². The molecule has 0 radical (unpaired) electrons. The predicted molar refractivity (Wildman–Crippen MR) is 83.8 cm³/mol. The third kappa shape index (κ3) is 2.45. The maximum atomic E-state index is 6.39. The van der Waals surface area contributed by atoms with Gasteiger partial charge in [-0.3, -0.25) is 0 Å². The van der Waals surface area contributed by atoms with Crippen LogP contribution in [-0.2, 0) is 11.8 Å². The molecule has 0 amide bonds. The van der Waals surface area contributed by atoms with E-state index in [0.29, 0.717) is 0 Å². The van der Waals surface area contributed by atoms with E-state index in [9.17, 15) is 0 Å². The zero-order valence-electron chi connectivity index (χ0n) is 10.5. The Labute approximate surface area is 127 Å². The second kappa shape index (κ2) is 5.28. The van der Waals surface area contributed by atoms with Gasteiger partial charge in [-0.1, -0.05) is 63.9 Å². The van der Waals surface area contributed by atoms with E-state index in [1.807, 2.05) is 12.1 Å². The molecule has 2 aromatic carbocycles. The van der Waals surface area contributed by atoms with Gasteiger partial charge in [-0.2, -0.15) is 0 Å². The van der Waals surface area contributed by atoms with Crippen molar-refractivity contribution in [3.05, 3.63) is 69.2 Å². The molecule has 0 bridgehead atoms. The molecule has 3 rings (SSSR count). The minimum absolute atomic E-state index is 0.127. The molecule has 0 atom stereocenters. The lowest BCUT2D eigenvalue weighted by Crippen LogP contribution is -2.58. The van der Waals surface area contributed by atoms with Gasteiger partial charge in [0.15, 0.2) is 0 Å². The van der Waals surface area contributed by atoms with E-state index in [2.05, 4.69) is 57.6 Å². The van der Waals surface area contributed by atoms with E-state index in [1.165, 1.54) is 15.6 Å². The highest BCUT2D eigenvalue weighted by atomic mass is 79.9. The maximum Gasteiger partial charge on any atom is 0.0444 e. The smallest absolute Gasteiger partial charge is 0.0444 e. The number of benzene rings is 2. The van der Waals surface area contributed by atoms with Crippen molar-refractivity contribution < 1.29 is 0 Å². The van der Waals surface area contributed by atoms with Gasteiger partial charge in [0.25, 0.3) is 0 Å². The molecule has 0 unspecified atom stereocenters. The SMILES string of the molecule is Clc1ccccc1C1(Cc2ccccc2Br)CNC1. The summed E-state index contributed by atoms with van der Waals surface area (Å²) < 4.78 is 1.17. The summed E-state index contributed by atoms with van der Waals surface area (Å²) >= 11 is 10.0. The molecular weight excluding hydrogens is 322 g/mol. The molecule has 1 fully saturated rings. The van der Waals surface area contributed by atoms with Crippen molar-refractivity contribution in [2.75, 3.05) is 13.1 Å². The van der Waals surface area contributed by atoms with Crippen molar-refractivity contribution in [3.63, 3.8) is 0 Å². The van der Waals surface area contributed by atoms with E-state index < -0.39 is 0 Å². The Morgan fingerprint density at radius 3 is 2.37 bits per heavy atom. The lowest BCUT2D eigenvalue weighted by Gasteiger charge is -2.44. The molecule has 1 saturated heterocycles. The van der Waals surface area contributed by atoms with Gasteiger partial charge < -0.3 is 5.32 Å². The molecular formula is C16H15BrClN. The molecule has 0 aliphatic carbocycles. The minimum atomic E-state index is 0.127. The van der Waals surface area contributed by atoms with Crippen LogP contribution in [0.1, 0.15) is 11.1 Å². The van der Waals surface area contributed by atoms with Crippen LogP contribution < -0.4 is 5.32 Å². The van der Waals surface area contributed by atoms with E-state index in [0.717, 1.165) is 24.5 Å². The molecule has 0 saturated carbocycles. The van der Waals surface area contributed by atoms with Crippen LogP contribution in [0.3, 0.4) is 0 Å². The maximum absolute atomic E-state index is 6.39. The highest BCUT2D eigenvalue weighted by Crippen LogP contribution is 2.37. The highest BCUT2D eigenvalue weighted by molar-refractivity contribution is 9.10. The molecule has 2 aromatic rings. The number of nitrogens with one attached hydrogen (secondary N) is 1. The molecule has 1 heterocycles. The minimum Gasteiger partial charge on any atom is -0.315 e. The van der Waals surface area contributed by atoms with Gasteiger partial charge in [0.1, 0.15) is 0 Å². The number of rotatable bonds is 3. The van der Waals surface area contributed by atoms with Crippen molar-refractivity contribution in [2.24, 2.45) is 0 Å². The zero-order chi connectivity index (χ0) is 13.3. The summed E-state index contributed by atoms with van der Waals surface area (Å²) in [7, 11) is 0. The first-order valence-electron chi connectivity index (χ1n) is 6.40. The number of halogens is 2. The topological polar surface area (TPSA) is 12.0 Å². The van der Waals surface area contributed by atoms with Gasteiger partial charge in [-0.15, -0.1) is 0 Å². The van der Waals surface area contributed by atoms with Crippen LogP contribution in [0.5, 0.6) is 0 Å². The standard InChI is InChI=1S/C16H15BrClN/c17-14-7-3-1-5-12(14)9-16(10-19-11-16)13-6-2-4-8-15(13)18/h1-8,19H,9-11H2. The summed E-state index contributed by atoms with van der Waals surface area (Å²) in [6.07, 6.45) is 1.01. The number of hydrogen-bond acceptors (Lipinski definition) is 1. The molecule has 98 valence electrons. The van der Waals surface area contributed by atoms with E-state index in [1.54, 1.807) is 0 Å². The molecule has 1 nitrogen and oxygen atoms in total.